The summed E-state index contributed by atoms with van der Waals surface area (Å²) >= 11 is 18.1. The van der Waals surface area contributed by atoms with Crippen molar-refractivity contribution in [1.29, 1.82) is 0 Å². The molecule has 1 atom stereocenters. The van der Waals surface area contributed by atoms with Crippen LogP contribution in [0.25, 0.3) is 0 Å². The van der Waals surface area contributed by atoms with Crippen molar-refractivity contribution in [3.63, 3.8) is 0 Å². The van der Waals surface area contributed by atoms with E-state index in [1.807, 2.05) is 20.8 Å². The summed E-state index contributed by atoms with van der Waals surface area (Å²) in [6.45, 7) is 6.88. The molecule has 4 nitrogen and oxygen atoms in total. The molecule has 1 aliphatic rings. The number of halogens is 3. The zero-order valence-electron chi connectivity index (χ0n) is 13.5. The molecule has 1 aromatic carbocycles. The number of ether oxygens (including phenoxy) is 1. The van der Waals surface area contributed by atoms with E-state index < -0.39 is 5.60 Å². The quantitative estimate of drug-likeness (QED) is 0.709. The zero-order valence-corrected chi connectivity index (χ0v) is 15.7. The lowest BCUT2D eigenvalue weighted by Crippen LogP contribution is -2.42. The Morgan fingerprint density at radius 2 is 1.91 bits per heavy atom. The molecule has 1 N–H and O–H groups in total. The maximum Gasteiger partial charge on any atom is 0.410 e. The summed E-state index contributed by atoms with van der Waals surface area (Å²) < 4.78 is 5.46. The van der Waals surface area contributed by atoms with Gasteiger partial charge < -0.3 is 15.0 Å². The molecule has 0 bridgehead atoms. The van der Waals surface area contributed by atoms with Crippen molar-refractivity contribution in [3.05, 3.63) is 27.2 Å². The molecule has 0 radical (unpaired) electrons. The minimum absolute atomic E-state index is 0.0652. The lowest BCUT2D eigenvalue weighted by molar-refractivity contribution is 0.0235. The third-order valence-electron chi connectivity index (χ3n) is 3.54. The highest BCUT2D eigenvalue weighted by Gasteiger charge is 2.32. The number of carbonyl (C=O) groups excluding carboxylic acids is 1. The maximum atomic E-state index is 12.3. The second-order valence-electron chi connectivity index (χ2n) is 6.60. The first-order valence-corrected chi connectivity index (χ1v) is 8.69. The van der Waals surface area contributed by atoms with Crippen molar-refractivity contribution in [3.8, 4) is 0 Å². The van der Waals surface area contributed by atoms with Crippen LogP contribution in [-0.4, -0.2) is 35.7 Å². The molecule has 0 aromatic heterocycles. The smallest absolute Gasteiger partial charge is 0.410 e. The van der Waals surface area contributed by atoms with Crippen molar-refractivity contribution < 1.29 is 9.53 Å². The van der Waals surface area contributed by atoms with E-state index in [0.29, 0.717) is 33.8 Å². The molecule has 2 rings (SSSR count). The largest absolute Gasteiger partial charge is 0.444 e. The number of nitrogens with one attached hydrogen (secondary N) is 1. The second kappa shape index (κ2) is 7.37. The zero-order chi connectivity index (χ0) is 17.2. The van der Waals surface area contributed by atoms with Gasteiger partial charge in [-0.3, -0.25) is 0 Å². The van der Waals surface area contributed by atoms with E-state index in [9.17, 15) is 4.79 Å². The van der Waals surface area contributed by atoms with Crippen molar-refractivity contribution in [1.82, 2.24) is 4.90 Å². The number of anilines is 1. The van der Waals surface area contributed by atoms with Gasteiger partial charge in [-0.1, -0.05) is 34.8 Å². The van der Waals surface area contributed by atoms with Crippen LogP contribution in [0.4, 0.5) is 10.5 Å². The number of likely N-dealkylation sites (tertiary alicyclic amines) is 1. The Hall–Kier alpha value is -0.840. The Balaban J connectivity index is 1.99. The number of amides is 1. The monoisotopic (exact) mass is 378 g/mol. The topological polar surface area (TPSA) is 41.6 Å². The van der Waals surface area contributed by atoms with Crippen LogP contribution in [-0.2, 0) is 4.74 Å². The molecule has 0 saturated carbocycles. The number of hydrogen-bond acceptors (Lipinski definition) is 3. The molecule has 23 heavy (non-hydrogen) atoms. The Morgan fingerprint density at radius 3 is 2.57 bits per heavy atom. The Labute approximate surface area is 152 Å². The average molecular weight is 380 g/mol. The van der Waals surface area contributed by atoms with E-state index in [4.69, 9.17) is 39.5 Å². The maximum absolute atomic E-state index is 12.3. The molecule has 1 fully saturated rings. The molecule has 1 saturated heterocycles. The average Bonchev–Trinajstić information content (AvgIpc) is 2.88. The third-order valence-corrected chi connectivity index (χ3v) is 4.58. The first-order chi connectivity index (χ1) is 10.7. The minimum Gasteiger partial charge on any atom is -0.444 e. The minimum atomic E-state index is -0.495. The number of benzene rings is 1. The number of hydrogen-bond donors (Lipinski definition) is 1. The predicted molar refractivity (Wildman–Crippen MR) is 95.9 cm³/mol. The van der Waals surface area contributed by atoms with Gasteiger partial charge in [0.2, 0.25) is 0 Å². The van der Waals surface area contributed by atoms with Gasteiger partial charge in [0.25, 0.3) is 0 Å². The van der Waals surface area contributed by atoms with Crippen molar-refractivity contribution >= 4 is 46.6 Å². The Bertz CT molecular complexity index is 587. The summed E-state index contributed by atoms with van der Waals surface area (Å²) in [5.74, 6) is 0. The van der Waals surface area contributed by atoms with E-state index in [-0.39, 0.29) is 12.1 Å². The van der Waals surface area contributed by atoms with E-state index in [1.54, 1.807) is 17.0 Å². The van der Waals surface area contributed by atoms with Gasteiger partial charge in [-0.15, -0.1) is 0 Å². The number of nitrogens with zero attached hydrogens (tertiary/aromatic N) is 1. The van der Waals surface area contributed by atoms with E-state index >= 15 is 0 Å². The molecule has 1 heterocycles. The lowest BCUT2D eigenvalue weighted by Gasteiger charge is -2.29. The molecule has 1 unspecified atom stereocenters. The van der Waals surface area contributed by atoms with Gasteiger partial charge >= 0.3 is 6.09 Å². The SMILES string of the molecule is CC(C)(C)OC(=O)N1CCCC1CNc1cc(Cl)c(Cl)cc1Cl. The fourth-order valence-electron chi connectivity index (χ4n) is 2.49. The van der Waals surface area contributed by atoms with Gasteiger partial charge in [-0.25, -0.2) is 4.79 Å². The third kappa shape index (κ3) is 5.07. The summed E-state index contributed by atoms with van der Waals surface area (Å²) in [6.07, 6.45) is 1.60. The first-order valence-electron chi connectivity index (χ1n) is 7.55. The molecular formula is C16H21Cl3N2O2. The first kappa shape index (κ1) is 18.5. The van der Waals surface area contributed by atoms with Gasteiger partial charge in [0, 0.05) is 13.1 Å². The summed E-state index contributed by atoms with van der Waals surface area (Å²) in [7, 11) is 0. The van der Waals surface area contributed by atoms with E-state index in [2.05, 4.69) is 5.32 Å². The van der Waals surface area contributed by atoms with Crippen LogP contribution in [0.5, 0.6) is 0 Å². The molecule has 0 aliphatic carbocycles. The molecular weight excluding hydrogens is 359 g/mol. The highest BCUT2D eigenvalue weighted by Crippen LogP contribution is 2.32. The van der Waals surface area contributed by atoms with Gasteiger partial charge in [0.15, 0.2) is 0 Å². The van der Waals surface area contributed by atoms with Crippen LogP contribution in [0, 0.1) is 0 Å². The molecule has 1 aromatic rings. The van der Waals surface area contributed by atoms with Gasteiger partial charge in [-0.05, 0) is 45.7 Å². The van der Waals surface area contributed by atoms with Crippen molar-refractivity contribution in [2.45, 2.75) is 45.3 Å². The van der Waals surface area contributed by atoms with Gasteiger partial charge in [0.1, 0.15) is 5.60 Å². The Morgan fingerprint density at radius 1 is 1.26 bits per heavy atom. The molecule has 7 heteroatoms. The van der Waals surface area contributed by atoms with Crippen LogP contribution in [0.1, 0.15) is 33.6 Å². The summed E-state index contributed by atoms with van der Waals surface area (Å²) in [5, 5.41) is 4.60. The van der Waals surface area contributed by atoms with Crippen LogP contribution in [0.3, 0.4) is 0 Å². The number of rotatable bonds is 3. The number of carbonyl (C=O) groups is 1. The second-order valence-corrected chi connectivity index (χ2v) is 7.82. The van der Waals surface area contributed by atoms with E-state index in [0.717, 1.165) is 12.8 Å². The highest BCUT2D eigenvalue weighted by atomic mass is 35.5. The summed E-state index contributed by atoms with van der Waals surface area (Å²) in [4.78, 5) is 14.0. The fraction of sp³-hybridized carbons (Fsp3) is 0.562. The van der Waals surface area contributed by atoms with Crippen LogP contribution in [0.2, 0.25) is 15.1 Å². The molecule has 1 aliphatic heterocycles. The van der Waals surface area contributed by atoms with Crippen LogP contribution >= 0.6 is 34.8 Å². The molecule has 1 amide bonds. The normalized spacial score (nSPS) is 18.2. The summed E-state index contributed by atoms with van der Waals surface area (Å²) in [5.41, 5.74) is 0.210. The van der Waals surface area contributed by atoms with Gasteiger partial charge in [0.05, 0.1) is 26.8 Å². The van der Waals surface area contributed by atoms with Crippen molar-refractivity contribution in [2.75, 3.05) is 18.4 Å². The lowest BCUT2D eigenvalue weighted by atomic mass is 10.2. The standard InChI is InChI=1S/C16H21Cl3N2O2/c1-16(2,3)23-15(22)21-6-4-5-10(21)9-20-14-8-12(18)11(17)7-13(14)19/h7-8,10,20H,4-6,9H2,1-3H3. The fourth-order valence-corrected chi connectivity index (χ4v) is 3.11. The van der Waals surface area contributed by atoms with Crippen molar-refractivity contribution in [2.24, 2.45) is 0 Å². The molecule has 128 valence electrons. The van der Waals surface area contributed by atoms with E-state index in [1.165, 1.54) is 0 Å². The molecule has 0 spiro atoms. The Kier molecular flexibility index (Phi) is 5.93. The van der Waals surface area contributed by atoms with Crippen LogP contribution < -0.4 is 5.32 Å². The highest BCUT2D eigenvalue weighted by molar-refractivity contribution is 6.44. The summed E-state index contributed by atoms with van der Waals surface area (Å²) in [6, 6.07) is 3.36. The van der Waals surface area contributed by atoms with Crippen LogP contribution in [0.15, 0.2) is 12.1 Å². The van der Waals surface area contributed by atoms with Gasteiger partial charge in [-0.2, -0.15) is 0 Å². The predicted octanol–water partition coefficient (Wildman–Crippen LogP) is 5.46.